The molecule has 334 valence electrons. The number of fused-ring (bicyclic) bond motifs is 8. The van der Waals surface area contributed by atoms with Crippen molar-refractivity contribution >= 4 is 65.4 Å². The van der Waals surface area contributed by atoms with Gasteiger partial charge in [0.15, 0.2) is 0 Å². The standard InChI is InChI=1S/C47H20F18/c48-39(49)33(25-11-9-21-5-1-3-7-23(21)17-25)35(41(52,53)45(39,60)61)27-13-15-29-31(19-27)32-20-28(14-16-30(32)38-37(29)43(56,57)47(64,65)44(38,58)59)36-34(40(50,51)46(62,63)42(36,54)55)26-12-10-22-6-2-4-8-24(22)18-26/h1-20H. The molecule has 0 nitrogen and oxygen atoms in total. The molecule has 0 fully saturated rings. The number of allylic oxidation sites excluding steroid dienone is 4. The Morgan fingerprint density at radius 3 is 0.815 bits per heavy atom. The summed E-state index contributed by atoms with van der Waals surface area (Å²) in [5.41, 5.74) is -17.2. The Hall–Kier alpha value is -6.20. The van der Waals surface area contributed by atoms with Crippen molar-refractivity contribution in [2.45, 2.75) is 53.3 Å². The summed E-state index contributed by atoms with van der Waals surface area (Å²) in [6.07, 6.45) is 0. The van der Waals surface area contributed by atoms with Crippen LogP contribution in [0.25, 0.3) is 65.4 Å². The first-order valence-corrected chi connectivity index (χ1v) is 19.0. The van der Waals surface area contributed by atoms with Gasteiger partial charge in [-0.15, -0.1) is 0 Å². The number of hydrogen-bond donors (Lipinski definition) is 0. The highest BCUT2D eigenvalue weighted by molar-refractivity contribution is 6.15. The molecule has 0 bridgehead atoms. The zero-order valence-corrected chi connectivity index (χ0v) is 31.9. The molecule has 0 aromatic heterocycles. The maximum Gasteiger partial charge on any atom is 0.380 e. The molecule has 10 rings (SSSR count). The molecule has 18 heteroatoms. The predicted molar refractivity (Wildman–Crippen MR) is 205 cm³/mol. The molecule has 0 saturated carbocycles. The van der Waals surface area contributed by atoms with Crippen LogP contribution in [0.3, 0.4) is 0 Å². The quantitative estimate of drug-likeness (QED) is 0.122. The monoisotopic (exact) mass is 926 g/mol. The van der Waals surface area contributed by atoms with Crippen LogP contribution in [0.2, 0.25) is 0 Å². The van der Waals surface area contributed by atoms with Gasteiger partial charge in [0.1, 0.15) is 0 Å². The third-order valence-electron chi connectivity index (χ3n) is 12.5. The summed E-state index contributed by atoms with van der Waals surface area (Å²) in [5, 5.41) is -4.40. The summed E-state index contributed by atoms with van der Waals surface area (Å²) in [4.78, 5) is 0. The Balaban J connectivity index is 1.33. The lowest BCUT2D eigenvalue weighted by molar-refractivity contribution is -0.301. The SMILES string of the molecule is FC1(F)C(c2ccc3ccccc3c2)=C(c2ccc3c4c(c5ccc(C6=C(c7ccc8ccccc8c7)C(F)(F)C(F)(F)C6(F)F)cc5c3c2)C(F)(F)C(F)(F)C4(F)F)C(F)(F)C1(F)F. The molecule has 0 radical (unpaired) electrons. The third kappa shape index (κ3) is 5.00. The first kappa shape index (κ1) is 42.7. The van der Waals surface area contributed by atoms with E-state index in [0.29, 0.717) is 10.8 Å². The summed E-state index contributed by atoms with van der Waals surface area (Å²) >= 11 is 0. The summed E-state index contributed by atoms with van der Waals surface area (Å²) in [6.45, 7) is 0. The summed E-state index contributed by atoms with van der Waals surface area (Å²) in [7, 11) is 0. The second kappa shape index (κ2) is 12.6. The van der Waals surface area contributed by atoms with E-state index in [1.54, 1.807) is 0 Å². The first-order chi connectivity index (χ1) is 30.1. The molecule has 7 aromatic rings. The molecule has 0 unspecified atom stereocenters. The van der Waals surface area contributed by atoms with Crippen molar-refractivity contribution in [1.82, 2.24) is 0 Å². The molecule has 0 N–H and O–H groups in total. The van der Waals surface area contributed by atoms with Gasteiger partial charge in [0.05, 0.1) is 0 Å². The maximum absolute atomic E-state index is 16.0. The lowest BCUT2D eigenvalue weighted by Crippen LogP contribution is -2.48. The Morgan fingerprint density at radius 1 is 0.231 bits per heavy atom. The highest BCUT2D eigenvalue weighted by Gasteiger charge is 2.82. The van der Waals surface area contributed by atoms with Crippen LogP contribution in [0.1, 0.15) is 33.4 Å². The fraction of sp³-hybridized carbons (Fsp3) is 0.191. The summed E-state index contributed by atoms with van der Waals surface area (Å²) < 4.78 is 282. The molecule has 0 aliphatic heterocycles. The van der Waals surface area contributed by atoms with E-state index < -0.39 is 131 Å². The van der Waals surface area contributed by atoms with E-state index in [9.17, 15) is 0 Å². The number of benzene rings is 7. The molecule has 0 amide bonds. The molecule has 0 heterocycles. The predicted octanol–water partition coefficient (Wildman–Crippen LogP) is 15.8. The van der Waals surface area contributed by atoms with Gasteiger partial charge in [0.25, 0.3) is 0 Å². The van der Waals surface area contributed by atoms with Gasteiger partial charge in [-0.05, 0) is 89.6 Å². The Bertz CT molecular complexity index is 3100. The first-order valence-electron chi connectivity index (χ1n) is 19.0. The fourth-order valence-electron chi connectivity index (χ4n) is 9.36. The minimum Gasteiger partial charge on any atom is -0.194 e. The average Bonchev–Trinajstić information content (AvgIpc) is 3.50. The molecule has 3 aliphatic carbocycles. The van der Waals surface area contributed by atoms with E-state index in [1.807, 2.05) is 0 Å². The van der Waals surface area contributed by atoms with Crippen LogP contribution in [0.15, 0.2) is 121 Å². The van der Waals surface area contributed by atoms with Gasteiger partial charge in [0, 0.05) is 33.4 Å². The van der Waals surface area contributed by atoms with Crippen molar-refractivity contribution in [1.29, 1.82) is 0 Å². The van der Waals surface area contributed by atoms with Gasteiger partial charge in [-0.2, -0.15) is 79.0 Å². The summed E-state index contributed by atoms with van der Waals surface area (Å²) in [6, 6.07) is 18.0. The lowest BCUT2D eigenvalue weighted by Gasteiger charge is -2.26. The Kier molecular flexibility index (Phi) is 8.26. The molecule has 0 spiro atoms. The fourth-order valence-corrected chi connectivity index (χ4v) is 9.36. The number of rotatable bonds is 4. The minimum atomic E-state index is -6.29. The molecule has 65 heavy (non-hydrogen) atoms. The van der Waals surface area contributed by atoms with Crippen LogP contribution in [-0.4, -0.2) is 41.5 Å². The molecular weight excluding hydrogens is 906 g/mol. The maximum atomic E-state index is 16.0. The van der Waals surface area contributed by atoms with Crippen LogP contribution in [0, 0.1) is 0 Å². The Labute approximate surface area is 352 Å². The molecule has 0 saturated heterocycles. The van der Waals surface area contributed by atoms with E-state index in [4.69, 9.17) is 0 Å². The average molecular weight is 927 g/mol. The molecule has 0 atom stereocenters. The minimum absolute atomic E-state index is 0.0834. The van der Waals surface area contributed by atoms with Crippen molar-refractivity contribution in [3.63, 3.8) is 0 Å². The van der Waals surface area contributed by atoms with E-state index in [0.717, 1.165) is 36.4 Å². The van der Waals surface area contributed by atoms with Gasteiger partial charge in [-0.1, -0.05) is 97.1 Å². The highest BCUT2D eigenvalue weighted by Crippen LogP contribution is 2.69. The topological polar surface area (TPSA) is 0 Å². The highest BCUT2D eigenvalue weighted by atomic mass is 19.4. The zero-order chi connectivity index (χ0) is 47.0. The smallest absolute Gasteiger partial charge is 0.194 e. The number of hydrogen-bond acceptors (Lipinski definition) is 0. The lowest BCUT2D eigenvalue weighted by atomic mass is 9.86. The second-order valence-corrected chi connectivity index (χ2v) is 16.1. The summed E-state index contributed by atoms with van der Waals surface area (Å²) in [5.74, 6) is -53.6. The van der Waals surface area contributed by atoms with Gasteiger partial charge >= 0.3 is 53.3 Å². The Morgan fingerprint density at radius 2 is 0.492 bits per heavy atom. The van der Waals surface area contributed by atoms with E-state index in [1.165, 1.54) is 48.5 Å². The van der Waals surface area contributed by atoms with Crippen molar-refractivity contribution < 1.29 is 79.0 Å². The van der Waals surface area contributed by atoms with E-state index >= 15 is 79.0 Å². The van der Waals surface area contributed by atoms with Crippen molar-refractivity contribution in [2.24, 2.45) is 0 Å². The van der Waals surface area contributed by atoms with Crippen LogP contribution in [-0.2, 0) is 11.8 Å². The molecule has 7 aromatic carbocycles. The number of alkyl halides is 18. The number of halogens is 18. The molecule has 3 aliphatic rings. The van der Waals surface area contributed by atoms with Gasteiger partial charge in [0.2, 0.25) is 0 Å². The van der Waals surface area contributed by atoms with Gasteiger partial charge < -0.3 is 0 Å². The molecular formula is C47H20F18. The van der Waals surface area contributed by atoms with E-state index in [2.05, 4.69) is 0 Å². The van der Waals surface area contributed by atoms with Crippen molar-refractivity contribution in [3.05, 3.63) is 155 Å². The van der Waals surface area contributed by atoms with Gasteiger partial charge in [-0.25, -0.2) is 0 Å². The second-order valence-electron chi connectivity index (χ2n) is 16.1. The largest absolute Gasteiger partial charge is 0.380 e. The normalized spacial score (nSPS) is 22.7. The van der Waals surface area contributed by atoms with Crippen LogP contribution in [0.4, 0.5) is 79.0 Å². The van der Waals surface area contributed by atoms with Crippen LogP contribution >= 0.6 is 0 Å². The zero-order valence-electron chi connectivity index (χ0n) is 31.9. The van der Waals surface area contributed by atoms with Crippen LogP contribution < -0.4 is 0 Å². The third-order valence-corrected chi connectivity index (χ3v) is 12.5. The van der Waals surface area contributed by atoms with E-state index in [-0.39, 0.29) is 47.2 Å². The van der Waals surface area contributed by atoms with Crippen molar-refractivity contribution in [2.75, 3.05) is 0 Å². The van der Waals surface area contributed by atoms with Crippen LogP contribution in [0.5, 0.6) is 0 Å². The van der Waals surface area contributed by atoms with Gasteiger partial charge in [-0.3, -0.25) is 0 Å². The van der Waals surface area contributed by atoms with Crippen molar-refractivity contribution in [3.8, 4) is 0 Å².